The average molecular weight is 717 g/mol. The van der Waals surface area contributed by atoms with Crippen molar-refractivity contribution >= 4 is 44.9 Å². The Morgan fingerprint density at radius 3 is 1.41 bits per heavy atom. The Labute approximate surface area is 326 Å². The van der Waals surface area contributed by atoms with Crippen LogP contribution < -0.4 is 14.5 Å². The van der Waals surface area contributed by atoms with E-state index in [4.69, 9.17) is 4.74 Å². The molecule has 1 spiro atoms. The van der Waals surface area contributed by atoms with Crippen molar-refractivity contribution in [1.29, 1.82) is 0 Å². The molecule has 0 saturated heterocycles. The van der Waals surface area contributed by atoms with Gasteiger partial charge < -0.3 is 14.5 Å². The van der Waals surface area contributed by atoms with E-state index in [-0.39, 0.29) is 0 Å². The first-order valence-corrected chi connectivity index (χ1v) is 19.2. The topological polar surface area (TPSA) is 15.7 Å². The Kier molecular flexibility index (Phi) is 7.39. The van der Waals surface area contributed by atoms with Gasteiger partial charge in [-0.1, -0.05) is 140 Å². The highest BCUT2D eigenvalue weighted by Crippen LogP contribution is 2.64. The first-order valence-electron chi connectivity index (χ1n) is 19.2. The van der Waals surface area contributed by atoms with Crippen LogP contribution in [0.15, 0.2) is 218 Å². The van der Waals surface area contributed by atoms with Crippen LogP contribution in [0.5, 0.6) is 11.5 Å². The molecule has 0 fully saturated rings. The summed E-state index contributed by atoms with van der Waals surface area (Å²) in [6.07, 6.45) is 0. The third kappa shape index (κ3) is 4.84. The summed E-state index contributed by atoms with van der Waals surface area (Å²) in [5.41, 5.74) is 13.1. The van der Waals surface area contributed by atoms with Gasteiger partial charge >= 0.3 is 0 Å². The van der Waals surface area contributed by atoms with Crippen molar-refractivity contribution < 1.29 is 4.74 Å². The summed E-state index contributed by atoms with van der Waals surface area (Å²) < 4.78 is 7.14. The van der Waals surface area contributed by atoms with Crippen LogP contribution in [0.25, 0.3) is 21.9 Å². The lowest BCUT2D eigenvalue weighted by Gasteiger charge is -2.41. The number of ether oxygens (including phenoxy) is 1. The normalized spacial score (nSPS) is 14.6. The Bertz CT molecular complexity index is 2810. The second-order valence-electron chi connectivity index (χ2n) is 14.5. The van der Waals surface area contributed by atoms with Gasteiger partial charge in [-0.2, -0.15) is 0 Å². The quantitative estimate of drug-likeness (QED) is 0.170. The van der Waals surface area contributed by atoms with E-state index >= 15 is 0 Å². The maximum Gasteiger partial charge on any atom is 0.140 e. The number of benzene rings is 9. The van der Waals surface area contributed by atoms with Crippen LogP contribution in [0.4, 0.5) is 34.1 Å². The number of rotatable bonds is 6. The summed E-state index contributed by atoms with van der Waals surface area (Å²) in [5.74, 6) is 1.76. The lowest BCUT2D eigenvalue weighted by atomic mass is 9.65. The van der Waals surface area contributed by atoms with Crippen molar-refractivity contribution in [3.8, 4) is 22.6 Å². The third-order valence-corrected chi connectivity index (χ3v) is 11.5. The minimum atomic E-state index is -0.691. The van der Waals surface area contributed by atoms with Crippen LogP contribution in [0.1, 0.15) is 22.3 Å². The highest BCUT2D eigenvalue weighted by atomic mass is 16.5. The van der Waals surface area contributed by atoms with Crippen molar-refractivity contribution in [3.63, 3.8) is 0 Å². The molecule has 0 bridgehead atoms. The van der Waals surface area contributed by atoms with Gasteiger partial charge in [-0.05, 0) is 107 Å². The second-order valence-corrected chi connectivity index (χ2v) is 14.5. The first kappa shape index (κ1) is 32.1. The van der Waals surface area contributed by atoms with Crippen molar-refractivity contribution in [2.75, 3.05) is 9.80 Å². The number of fused-ring (bicyclic) bond motifs is 11. The zero-order chi connectivity index (χ0) is 37.1. The Balaban J connectivity index is 1.23. The fraction of sp³-hybridized carbons (Fsp3) is 0.0189. The van der Waals surface area contributed by atoms with E-state index in [9.17, 15) is 0 Å². The molecule has 0 N–H and O–H groups in total. The predicted octanol–water partition coefficient (Wildman–Crippen LogP) is 14.2. The van der Waals surface area contributed by atoms with E-state index < -0.39 is 5.41 Å². The van der Waals surface area contributed by atoms with Crippen molar-refractivity contribution in [2.45, 2.75) is 5.41 Å². The van der Waals surface area contributed by atoms with E-state index in [2.05, 4.69) is 228 Å². The molecule has 3 nitrogen and oxygen atoms in total. The second kappa shape index (κ2) is 12.9. The molecule has 9 aromatic rings. The SMILES string of the molecule is c1ccc(N(c2ccccc2)c2ccc3c(c2)C2(c4ccccc4-c4ccc(N(c5ccccc5)c5ccccc5)cc42)c2ccc4ccccc4c2O3)cc1. The molecule has 1 heterocycles. The molecular weight excluding hydrogens is 681 g/mol. The molecule has 1 unspecified atom stereocenters. The molecular formula is C53H36N2O. The van der Waals surface area contributed by atoms with Crippen LogP contribution in [-0.2, 0) is 5.41 Å². The number of hydrogen-bond acceptors (Lipinski definition) is 3. The molecule has 1 atom stereocenters. The average Bonchev–Trinajstić information content (AvgIpc) is 3.55. The van der Waals surface area contributed by atoms with E-state index in [1.54, 1.807) is 0 Å². The maximum atomic E-state index is 7.14. The number of nitrogens with zero attached hydrogens (tertiary/aromatic N) is 2. The fourth-order valence-electron chi connectivity index (χ4n) is 9.13. The fourth-order valence-corrected chi connectivity index (χ4v) is 9.13. The van der Waals surface area contributed by atoms with Gasteiger partial charge in [0.2, 0.25) is 0 Å². The van der Waals surface area contributed by atoms with Crippen molar-refractivity contribution in [2.24, 2.45) is 0 Å². The van der Waals surface area contributed by atoms with Crippen molar-refractivity contribution in [3.05, 3.63) is 241 Å². The lowest BCUT2D eigenvalue weighted by Crippen LogP contribution is -2.32. The Morgan fingerprint density at radius 1 is 0.321 bits per heavy atom. The van der Waals surface area contributed by atoms with Crippen LogP contribution in [0.2, 0.25) is 0 Å². The van der Waals surface area contributed by atoms with Gasteiger partial charge in [0.05, 0.1) is 5.41 Å². The Hall–Kier alpha value is -7.36. The smallest absolute Gasteiger partial charge is 0.140 e. The molecule has 2 aliphatic rings. The van der Waals surface area contributed by atoms with Gasteiger partial charge in [-0.3, -0.25) is 0 Å². The third-order valence-electron chi connectivity index (χ3n) is 11.5. The van der Waals surface area contributed by atoms with E-state index in [1.807, 2.05) is 0 Å². The lowest BCUT2D eigenvalue weighted by molar-refractivity contribution is 0.442. The molecule has 0 saturated carbocycles. The van der Waals surface area contributed by atoms with E-state index in [0.717, 1.165) is 67.5 Å². The van der Waals surface area contributed by atoms with E-state index in [0.29, 0.717) is 0 Å². The van der Waals surface area contributed by atoms with Crippen LogP contribution in [-0.4, -0.2) is 0 Å². The van der Waals surface area contributed by atoms with E-state index in [1.165, 1.54) is 22.3 Å². The number of anilines is 6. The van der Waals surface area contributed by atoms with Gasteiger partial charge in [-0.15, -0.1) is 0 Å². The molecule has 264 valence electrons. The van der Waals surface area contributed by atoms with Gasteiger partial charge in [0.15, 0.2) is 0 Å². The highest BCUT2D eigenvalue weighted by Gasteiger charge is 2.52. The summed E-state index contributed by atoms with van der Waals surface area (Å²) in [6.45, 7) is 0. The molecule has 1 aliphatic carbocycles. The minimum Gasteiger partial charge on any atom is -0.456 e. The van der Waals surface area contributed by atoms with Gasteiger partial charge in [-0.25, -0.2) is 0 Å². The van der Waals surface area contributed by atoms with Crippen LogP contribution in [0.3, 0.4) is 0 Å². The van der Waals surface area contributed by atoms with Crippen molar-refractivity contribution in [1.82, 2.24) is 0 Å². The molecule has 11 rings (SSSR count). The number of hydrogen-bond donors (Lipinski definition) is 0. The summed E-state index contributed by atoms with van der Waals surface area (Å²) in [5, 5.41) is 2.26. The monoisotopic (exact) mass is 716 g/mol. The minimum absolute atomic E-state index is 0.691. The largest absolute Gasteiger partial charge is 0.456 e. The predicted molar refractivity (Wildman–Crippen MR) is 231 cm³/mol. The zero-order valence-corrected chi connectivity index (χ0v) is 30.6. The molecule has 3 heteroatoms. The molecule has 9 aromatic carbocycles. The van der Waals surface area contributed by atoms with Gasteiger partial charge in [0.1, 0.15) is 11.5 Å². The molecule has 56 heavy (non-hydrogen) atoms. The molecule has 0 radical (unpaired) electrons. The summed E-state index contributed by atoms with van der Waals surface area (Å²) >= 11 is 0. The highest BCUT2D eigenvalue weighted by molar-refractivity contribution is 5.97. The standard InChI is InChI=1S/C53H36N2O/c1-5-18-38(19-6-1)54(39-20-7-2-8-21-39)42-30-32-46-45-27-15-16-28-47(45)53(49(46)35-42)48-33-29-37-17-13-14-26-44(37)52(48)56-51-34-31-43(36-50(51)53)55(40-22-9-3-10-23-40)41-24-11-4-12-25-41/h1-36H. The Morgan fingerprint density at radius 2 is 0.804 bits per heavy atom. The van der Waals surface area contributed by atoms with Crippen LogP contribution >= 0.6 is 0 Å². The summed E-state index contributed by atoms with van der Waals surface area (Å²) in [7, 11) is 0. The molecule has 0 amide bonds. The zero-order valence-electron chi connectivity index (χ0n) is 30.6. The summed E-state index contributed by atoms with van der Waals surface area (Å²) in [6, 6.07) is 78.5. The van der Waals surface area contributed by atoms with Gasteiger partial charge in [0.25, 0.3) is 0 Å². The maximum absolute atomic E-state index is 7.14. The first-order chi connectivity index (χ1) is 27.8. The molecule has 0 aromatic heterocycles. The van der Waals surface area contributed by atoms with Crippen LogP contribution in [0, 0.1) is 0 Å². The summed E-state index contributed by atoms with van der Waals surface area (Å²) in [4.78, 5) is 4.70. The molecule has 1 aliphatic heterocycles. The number of para-hydroxylation sites is 4. The van der Waals surface area contributed by atoms with Gasteiger partial charge in [0, 0.05) is 50.6 Å².